The number of benzene rings is 1. The molecule has 0 radical (unpaired) electrons. The van der Waals surface area contributed by atoms with Crippen molar-refractivity contribution in [1.82, 2.24) is 4.57 Å². The van der Waals surface area contributed by atoms with E-state index in [1.165, 1.54) is 51.4 Å². The Labute approximate surface area is 165 Å². The van der Waals surface area contributed by atoms with Crippen molar-refractivity contribution in [2.45, 2.75) is 85.1 Å². The predicted molar refractivity (Wildman–Crippen MR) is 115 cm³/mol. The van der Waals surface area contributed by atoms with Crippen molar-refractivity contribution in [3.63, 3.8) is 0 Å². The van der Waals surface area contributed by atoms with Gasteiger partial charge < -0.3 is 10.3 Å². The van der Waals surface area contributed by atoms with Gasteiger partial charge in [-0.25, -0.2) is 0 Å². The van der Waals surface area contributed by atoms with Crippen LogP contribution in [0.1, 0.15) is 86.5 Å². The van der Waals surface area contributed by atoms with Gasteiger partial charge in [-0.15, -0.1) is 0 Å². The Balaban J connectivity index is 1.97. The zero-order chi connectivity index (χ0) is 19.6. The normalized spacial score (nSPS) is 11.1. The van der Waals surface area contributed by atoms with Crippen LogP contribution in [0.3, 0.4) is 0 Å². The van der Waals surface area contributed by atoms with Gasteiger partial charge >= 0.3 is 0 Å². The van der Waals surface area contributed by atoms with E-state index in [1.807, 2.05) is 25.1 Å². The highest BCUT2D eigenvalue weighted by atomic mass is 16.1. The molecule has 1 heterocycles. The first-order chi connectivity index (χ1) is 13.1. The Hall–Kier alpha value is -2.03. The minimum absolute atomic E-state index is 0.333. The topological polar surface area (TPSA) is 48.0 Å². The molecule has 2 rings (SSSR count). The summed E-state index contributed by atoms with van der Waals surface area (Å²) in [6.45, 7) is 7.35. The fraction of sp³-hybridized carbons (Fsp3) is 0.542. The number of nitrogens with zero attached hydrogens (tertiary/aromatic N) is 1. The number of primary amides is 1. The van der Waals surface area contributed by atoms with Gasteiger partial charge in [-0.2, -0.15) is 0 Å². The number of carbonyl (C=O) groups excluding carboxylic acids is 1. The Morgan fingerprint density at radius 1 is 0.852 bits per heavy atom. The molecule has 0 bridgehead atoms. The number of nitrogens with two attached hydrogens (primary N) is 1. The average Bonchev–Trinajstić information content (AvgIpc) is 2.92. The van der Waals surface area contributed by atoms with Crippen LogP contribution in [0.25, 0.3) is 11.1 Å². The van der Waals surface area contributed by atoms with E-state index < -0.39 is 0 Å². The van der Waals surface area contributed by atoms with Crippen molar-refractivity contribution < 1.29 is 4.79 Å². The molecule has 1 aromatic heterocycles. The van der Waals surface area contributed by atoms with Crippen molar-refractivity contribution >= 4 is 5.91 Å². The first-order valence-electron chi connectivity index (χ1n) is 10.6. The van der Waals surface area contributed by atoms with Gasteiger partial charge in [0.2, 0.25) is 0 Å². The number of rotatable bonds is 12. The molecule has 1 aromatic carbocycles. The summed E-state index contributed by atoms with van der Waals surface area (Å²) in [6.07, 6.45) is 11.9. The molecule has 3 nitrogen and oxygen atoms in total. The minimum Gasteiger partial charge on any atom is -0.366 e. The maximum atomic E-state index is 12.1. The lowest BCUT2D eigenvalue weighted by atomic mass is 10.0. The van der Waals surface area contributed by atoms with E-state index in [-0.39, 0.29) is 5.91 Å². The van der Waals surface area contributed by atoms with Crippen molar-refractivity contribution in [2.24, 2.45) is 5.73 Å². The number of aromatic nitrogens is 1. The van der Waals surface area contributed by atoms with Gasteiger partial charge in [-0.1, -0.05) is 88.6 Å². The van der Waals surface area contributed by atoms with Crippen LogP contribution in [-0.2, 0) is 6.54 Å². The highest BCUT2D eigenvalue weighted by molar-refractivity contribution is 6.02. The number of amides is 1. The first kappa shape index (κ1) is 21.3. The number of unbranched alkanes of at least 4 members (excludes halogenated alkanes) is 8. The van der Waals surface area contributed by atoms with E-state index in [1.54, 1.807) is 0 Å². The molecule has 0 saturated heterocycles. The summed E-state index contributed by atoms with van der Waals surface area (Å²) in [5.41, 5.74) is 10.6. The van der Waals surface area contributed by atoms with Gasteiger partial charge in [0.15, 0.2) is 0 Å². The van der Waals surface area contributed by atoms with Crippen molar-refractivity contribution in [3.8, 4) is 11.1 Å². The van der Waals surface area contributed by atoms with Gasteiger partial charge in [0, 0.05) is 23.5 Å². The lowest BCUT2D eigenvalue weighted by Gasteiger charge is -2.10. The molecule has 0 aliphatic rings. The smallest absolute Gasteiger partial charge is 0.251 e. The van der Waals surface area contributed by atoms with E-state index in [4.69, 9.17) is 5.73 Å². The van der Waals surface area contributed by atoms with E-state index in [0.29, 0.717) is 5.56 Å². The molecule has 0 saturated carbocycles. The van der Waals surface area contributed by atoms with Gasteiger partial charge in [-0.05, 0) is 25.8 Å². The van der Waals surface area contributed by atoms with Gasteiger partial charge in [-0.3, -0.25) is 4.79 Å². The fourth-order valence-corrected chi connectivity index (χ4v) is 4.06. The van der Waals surface area contributed by atoms with Crippen LogP contribution in [0, 0.1) is 13.8 Å². The van der Waals surface area contributed by atoms with Crippen LogP contribution in [0.15, 0.2) is 30.3 Å². The summed E-state index contributed by atoms with van der Waals surface area (Å²) in [5, 5.41) is 0. The SMILES string of the molecule is CCCCCCCCCCCn1c(C)c(C(N)=O)c(-c2ccccc2)c1C. The molecule has 27 heavy (non-hydrogen) atoms. The monoisotopic (exact) mass is 368 g/mol. The van der Waals surface area contributed by atoms with E-state index in [2.05, 4.69) is 30.5 Å². The molecule has 2 N–H and O–H groups in total. The van der Waals surface area contributed by atoms with E-state index >= 15 is 0 Å². The van der Waals surface area contributed by atoms with Crippen LogP contribution >= 0.6 is 0 Å². The van der Waals surface area contributed by atoms with Crippen molar-refractivity contribution in [1.29, 1.82) is 0 Å². The number of hydrogen-bond acceptors (Lipinski definition) is 1. The second kappa shape index (κ2) is 11.0. The number of carbonyl (C=O) groups is 1. The highest BCUT2D eigenvalue weighted by Crippen LogP contribution is 2.32. The molecule has 0 aliphatic carbocycles. The van der Waals surface area contributed by atoms with E-state index in [0.717, 1.165) is 35.5 Å². The third-order valence-electron chi connectivity index (χ3n) is 5.58. The maximum Gasteiger partial charge on any atom is 0.251 e. The van der Waals surface area contributed by atoms with Crippen molar-refractivity contribution in [2.75, 3.05) is 0 Å². The van der Waals surface area contributed by atoms with Gasteiger partial charge in [0.25, 0.3) is 5.91 Å². The fourth-order valence-electron chi connectivity index (χ4n) is 4.06. The van der Waals surface area contributed by atoms with E-state index in [9.17, 15) is 4.79 Å². The standard InChI is InChI=1S/C24H36N2O/c1-4-5-6-7-8-9-10-11-15-18-26-19(2)22(21-16-13-12-14-17-21)23(20(26)3)24(25)27/h12-14,16-17H,4-11,15,18H2,1-3H3,(H2,25,27). The quantitative estimate of drug-likeness (QED) is 0.433. The molecular weight excluding hydrogens is 332 g/mol. The molecule has 2 aromatic rings. The largest absolute Gasteiger partial charge is 0.366 e. The molecule has 0 fully saturated rings. The molecule has 0 aliphatic heterocycles. The molecule has 0 spiro atoms. The molecule has 0 atom stereocenters. The Morgan fingerprint density at radius 2 is 1.41 bits per heavy atom. The maximum absolute atomic E-state index is 12.1. The van der Waals surface area contributed by atoms with Crippen LogP contribution in [0.2, 0.25) is 0 Å². The van der Waals surface area contributed by atoms with Gasteiger partial charge in [0.1, 0.15) is 0 Å². The molecular formula is C24H36N2O. The molecule has 1 amide bonds. The lowest BCUT2D eigenvalue weighted by Crippen LogP contribution is -2.13. The Bertz CT molecular complexity index is 716. The average molecular weight is 369 g/mol. The van der Waals surface area contributed by atoms with Crippen LogP contribution in [0.4, 0.5) is 0 Å². The second-order valence-corrected chi connectivity index (χ2v) is 7.63. The Morgan fingerprint density at radius 3 is 1.96 bits per heavy atom. The summed E-state index contributed by atoms with van der Waals surface area (Å²) in [4.78, 5) is 12.1. The predicted octanol–water partition coefficient (Wildman–Crippen LogP) is 6.40. The van der Waals surface area contributed by atoms with Gasteiger partial charge in [0.05, 0.1) is 5.56 Å². The summed E-state index contributed by atoms with van der Waals surface area (Å²) in [5.74, 6) is -0.333. The second-order valence-electron chi connectivity index (χ2n) is 7.63. The lowest BCUT2D eigenvalue weighted by molar-refractivity contribution is 0.1000. The van der Waals surface area contributed by atoms with Crippen LogP contribution in [0.5, 0.6) is 0 Å². The third-order valence-corrected chi connectivity index (χ3v) is 5.58. The third kappa shape index (κ3) is 5.72. The Kier molecular flexibility index (Phi) is 8.63. The molecule has 148 valence electrons. The molecule has 0 unspecified atom stereocenters. The molecule has 3 heteroatoms. The first-order valence-corrected chi connectivity index (χ1v) is 10.6. The number of hydrogen-bond donors (Lipinski definition) is 1. The summed E-state index contributed by atoms with van der Waals surface area (Å²) >= 11 is 0. The van der Waals surface area contributed by atoms with Crippen LogP contribution < -0.4 is 5.73 Å². The summed E-state index contributed by atoms with van der Waals surface area (Å²) < 4.78 is 2.28. The summed E-state index contributed by atoms with van der Waals surface area (Å²) in [6, 6.07) is 10.1. The highest BCUT2D eigenvalue weighted by Gasteiger charge is 2.22. The minimum atomic E-state index is -0.333. The van der Waals surface area contributed by atoms with Crippen molar-refractivity contribution in [3.05, 3.63) is 47.3 Å². The van der Waals surface area contributed by atoms with Crippen LogP contribution in [-0.4, -0.2) is 10.5 Å². The zero-order valence-corrected chi connectivity index (χ0v) is 17.4. The zero-order valence-electron chi connectivity index (χ0n) is 17.4. The summed E-state index contributed by atoms with van der Waals surface area (Å²) in [7, 11) is 0.